The number of ether oxygens (including phenoxy) is 1. The van der Waals surface area contributed by atoms with Gasteiger partial charge in [0.05, 0.1) is 0 Å². The molecular formula is C7H12O2. The molecule has 0 aliphatic rings. The molecule has 2 nitrogen and oxygen atoms in total. The van der Waals surface area contributed by atoms with Gasteiger partial charge >= 0.3 is 0 Å². The molecule has 0 saturated carbocycles. The van der Waals surface area contributed by atoms with Crippen LogP contribution in [0.25, 0.3) is 0 Å². The van der Waals surface area contributed by atoms with Gasteiger partial charge in [0, 0.05) is 13.2 Å². The highest BCUT2D eigenvalue weighted by molar-refractivity contribution is 4.82. The summed E-state index contributed by atoms with van der Waals surface area (Å²) in [5.41, 5.74) is 0. The molecule has 9 heavy (non-hydrogen) atoms. The van der Waals surface area contributed by atoms with Crippen LogP contribution >= 0.6 is 0 Å². The van der Waals surface area contributed by atoms with Crippen molar-refractivity contribution in [1.29, 1.82) is 0 Å². The molecule has 0 aromatic heterocycles. The maximum atomic E-state index is 8.33. The van der Waals surface area contributed by atoms with Crippen LogP contribution in [0.15, 0.2) is 0 Å². The van der Waals surface area contributed by atoms with Crippen molar-refractivity contribution < 1.29 is 9.84 Å². The molecule has 1 N–H and O–H groups in total. The number of hydrogen-bond acceptors (Lipinski definition) is 2. The molecule has 0 fully saturated rings. The topological polar surface area (TPSA) is 29.5 Å². The number of terminal acetylenes is 1. The van der Waals surface area contributed by atoms with Gasteiger partial charge in [0.25, 0.3) is 0 Å². The molecule has 2 heteroatoms. The molecule has 0 aliphatic heterocycles. The summed E-state index contributed by atoms with van der Waals surface area (Å²) in [5, 5.41) is 8.33. The molecule has 0 aromatic carbocycles. The Balaban J connectivity index is 2.69. The number of aliphatic hydroxyl groups excluding tert-OH is 1. The number of aliphatic hydroxyl groups is 1. The second-order valence-electron chi connectivity index (χ2n) is 1.69. The third-order valence-electron chi connectivity index (χ3n) is 0.882. The summed E-state index contributed by atoms with van der Waals surface area (Å²) in [4.78, 5) is 0. The lowest BCUT2D eigenvalue weighted by molar-refractivity contribution is 0.154. The average molecular weight is 128 g/mol. The van der Waals surface area contributed by atoms with Crippen LogP contribution in [0.1, 0.15) is 12.8 Å². The van der Waals surface area contributed by atoms with Crippen molar-refractivity contribution in [3.05, 3.63) is 0 Å². The first-order valence-electron chi connectivity index (χ1n) is 3.04. The number of unbranched alkanes of at least 4 members (excludes halogenated alkanes) is 1. The molecule has 0 atom stereocenters. The van der Waals surface area contributed by atoms with E-state index in [9.17, 15) is 0 Å². The van der Waals surface area contributed by atoms with E-state index in [-0.39, 0.29) is 6.61 Å². The van der Waals surface area contributed by atoms with E-state index in [1.165, 1.54) is 0 Å². The maximum Gasteiger partial charge on any atom is 0.107 e. The SMILES string of the molecule is C#CCOCCCCO. The standard InChI is InChI=1S/C7H12O2/c1-2-6-9-7-4-3-5-8/h1,8H,3-7H2. The lowest BCUT2D eigenvalue weighted by Gasteiger charge is -1.96. The van der Waals surface area contributed by atoms with Crippen LogP contribution < -0.4 is 0 Å². The molecule has 0 rings (SSSR count). The van der Waals surface area contributed by atoms with Gasteiger partial charge in [0.1, 0.15) is 6.61 Å². The van der Waals surface area contributed by atoms with Gasteiger partial charge in [0.2, 0.25) is 0 Å². The summed E-state index contributed by atoms with van der Waals surface area (Å²) in [5.74, 6) is 2.36. The van der Waals surface area contributed by atoms with Crippen molar-refractivity contribution in [3.63, 3.8) is 0 Å². The average Bonchev–Trinajstić information content (AvgIpc) is 1.89. The van der Waals surface area contributed by atoms with Crippen LogP contribution in [-0.2, 0) is 4.74 Å². The highest BCUT2D eigenvalue weighted by atomic mass is 16.5. The molecule has 0 amide bonds. The minimum absolute atomic E-state index is 0.236. The van der Waals surface area contributed by atoms with Crippen molar-refractivity contribution in [2.24, 2.45) is 0 Å². The fourth-order valence-electron chi connectivity index (χ4n) is 0.447. The quantitative estimate of drug-likeness (QED) is 0.429. The summed E-state index contributed by atoms with van der Waals surface area (Å²) >= 11 is 0. The van der Waals surface area contributed by atoms with Gasteiger partial charge in [-0.1, -0.05) is 5.92 Å². The van der Waals surface area contributed by atoms with E-state index in [4.69, 9.17) is 16.3 Å². The van der Waals surface area contributed by atoms with Crippen LogP contribution in [0, 0.1) is 12.3 Å². The first-order chi connectivity index (χ1) is 4.41. The van der Waals surface area contributed by atoms with Gasteiger partial charge in [-0.2, -0.15) is 0 Å². The Morgan fingerprint density at radius 1 is 1.44 bits per heavy atom. The lowest BCUT2D eigenvalue weighted by atomic mass is 10.3. The summed E-state index contributed by atoms with van der Waals surface area (Å²) in [6.45, 7) is 1.27. The monoisotopic (exact) mass is 128 g/mol. The van der Waals surface area contributed by atoms with E-state index in [0.29, 0.717) is 13.2 Å². The van der Waals surface area contributed by atoms with Crippen molar-refractivity contribution in [2.75, 3.05) is 19.8 Å². The zero-order valence-corrected chi connectivity index (χ0v) is 5.47. The van der Waals surface area contributed by atoms with Gasteiger partial charge < -0.3 is 9.84 Å². The Bertz CT molecular complexity index is 83.4. The number of rotatable bonds is 5. The van der Waals surface area contributed by atoms with Crippen molar-refractivity contribution in [3.8, 4) is 12.3 Å². The zero-order chi connectivity index (χ0) is 6.95. The number of hydrogen-bond donors (Lipinski definition) is 1. The first kappa shape index (κ1) is 8.48. The van der Waals surface area contributed by atoms with Gasteiger partial charge in [0.15, 0.2) is 0 Å². The summed E-state index contributed by atoms with van der Waals surface area (Å²) in [7, 11) is 0. The van der Waals surface area contributed by atoms with Crippen molar-refractivity contribution in [2.45, 2.75) is 12.8 Å². The Morgan fingerprint density at radius 3 is 2.78 bits per heavy atom. The molecule has 0 bridgehead atoms. The Kier molecular flexibility index (Phi) is 7.05. The van der Waals surface area contributed by atoms with E-state index in [0.717, 1.165) is 12.8 Å². The predicted octanol–water partition coefficient (Wildman–Crippen LogP) is 0.409. The van der Waals surface area contributed by atoms with Gasteiger partial charge in [-0.15, -0.1) is 6.42 Å². The minimum atomic E-state index is 0.236. The molecule has 0 saturated heterocycles. The summed E-state index contributed by atoms with van der Waals surface area (Å²) in [6.07, 6.45) is 6.60. The summed E-state index contributed by atoms with van der Waals surface area (Å²) in [6, 6.07) is 0. The third kappa shape index (κ3) is 7.48. The minimum Gasteiger partial charge on any atom is -0.396 e. The molecule has 0 aliphatic carbocycles. The molecule has 0 spiro atoms. The highest BCUT2D eigenvalue weighted by Gasteiger charge is 1.84. The molecule has 0 unspecified atom stereocenters. The highest BCUT2D eigenvalue weighted by Crippen LogP contribution is 1.86. The molecule has 0 aromatic rings. The third-order valence-corrected chi connectivity index (χ3v) is 0.882. The van der Waals surface area contributed by atoms with Crippen molar-refractivity contribution in [1.82, 2.24) is 0 Å². The Hall–Kier alpha value is -0.520. The van der Waals surface area contributed by atoms with Crippen LogP contribution in [0.5, 0.6) is 0 Å². The summed E-state index contributed by atoms with van der Waals surface area (Å²) < 4.78 is 4.94. The van der Waals surface area contributed by atoms with E-state index in [2.05, 4.69) is 5.92 Å². The second kappa shape index (κ2) is 7.48. The van der Waals surface area contributed by atoms with E-state index in [1.54, 1.807) is 0 Å². The van der Waals surface area contributed by atoms with E-state index >= 15 is 0 Å². The predicted molar refractivity (Wildman–Crippen MR) is 36.0 cm³/mol. The molecule has 52 valence electrons. The second-order valence-corrected chi connectivity index (χ2v) is 1.69. The van der Waals surface area contributed by atoms with Gasteiger partial charge in [-0.3, -0.25) is 0 Å². The van der Waals surface area contributed by atoms with E-state index in [1.807, 2.05) is 0 Å². The van der Waals surface area contributed by atoms with Crippen molar-refractivity contribution >= 4 is 0 Å². The molecular weight excluding hydrogens is 116 g/mol. The van der Waals surface area contributed by atoms with Crippen LogP contribution in [0.3, 0.4) is 0 Å². The van der Waals surface area contributed by atoms with Gasteiger partial charge in [-0.25, -0.2) is 0 Å². The first-order valence-corrected chi connectivity index (χ1v) is 3.04. The smallest absolute Gasteiger partial charge is 0.107 e. The molecule has 0 radical (unpaired) electrons. The Morgan fingerprint density at radius 2 is 2.22 bits per heavy atom. The van der Waals surface area contributed by atoms with Gasteiger partial charge in [-0.05, 0) is 12.8 Å². The normalized spacial score (nSPS) is 8.89. The van der Waals surface area contributed by atoms with E-state index < -0.39 is 0 Å². The zero-order valence-electron chi connectivity index (χ0n) is 5.47. The Labute approximate surface area is 55.8 Å². The van der Waals surface area contributed by atoms with Crippen LogP contribution in [0.4, 0.5) is 0 Å². The molecule has 0 heterocycles. The van der Waals surface area contributed by atoms with Crippen LogP contribution in [0.2, 0.25) is 0 Å². The largest absolute Gasteiger partial charge is 0.396 e. The fourth-order valence-corrected chi connectivity index (χ4v) is 0.447. The van der Waals surface area contributed by atoms with Crippen LogP contribution in [-0.4, -0.2) is 24.9 Å². The maximum absolute atomic E-state index is 8.33. The lowest BCUT2D eigenvalue weighted by Crippen LogP contribution is -1.95. The fraction of sp³-hybridized carbons (Fsp3) is 0.714.